The van der Waals surface area contributed by atoms with Crippen molar-refractivity contribution in [2.75, 3.05) is 38.8 Å². The van der Waals surface area contributed by atoms with Crippen LogP contribution in [0.4, 0.5) is 5.82 Å². The topological polar surface area (TPSA) is 100 Å². The molecule has 0 unspecified atom stereocenters. The molecule has 1 fully saturated rings. The van der Waals surface area contributed by atoms with E-state index in [4.69, 9.17) is 19.4 Å². The summed E-state index contributed by atoms with van der Waals surface area (Å²) in [7, 11) is 3.18. The molecule has 1 aromatic heterocycles. The van der Waals surface area contributed by atoms with E-state index < -0.39 is 5.92 Å². The first kappa shape index (κ1) is 25.2. The van der Waals surface area contributed by atoms with Crippen LogP contribution in [0.3, 0.4) is 0 Å². The van der Waals surface area contributed by atoms with E-state index >= 15 is 0 Å². The summed E-state index contributed by atoms with van der Waals surface area (Å²) in [5.74, 6) is 1.47. The number of carbonyl (C=O) groups is 1. The van der Waals surface area contributed by atoms with Gasteiger partial charge in [-0.1, -0.05) is 32.0 Å². The van der Waals surface area contributed by atoms with Crippen molar-refractivity contribution >= 4 is 22.8 Å². The van der Waals surface area contributed by atoms with Crippen molar-refractivity contribution in [3.05, 3.63) is 53.7 Å². The summed E-state index contributed by atoms with van der Waals surface area (Å²) in [4.78, 5) is 25.1. The molecular formula is C28H33N5O3. The van der Waals surface area contributed by atoms with E-state index in [1.54, 1.807) is 14.2 Å². The Morgan fingerprint density at radius 3 is 2.39 bits per heavy atom. The third kappa shape index (κ3) is 5.51. The number of ether oxygens (including phenoxy) is 2. The van der Waals surface area contributed by atoms with Crippen molar-refractivity contribution in [2.45, 2.75) is 32.6 Å². The van der Waals surface area contributed by atoms with E-state index in [9.17, 15) is 10.1 Å². The average Bonchev–Trinajstić information content (AvgIpc) is 2.88. The normalized spacial score (nSPS) is 18.4. The molecule has 3 aromatic rings. The first-order valence-corrected chi connectivity index (χ1v) is 12.3. The van der Waals surface area contributed by atoms with Gasteiger partial charge in [0.2, 0.25) is 5.91 Å². The molecule has 2 aromatic carbocycles. The summed E-state index contributed by atoms with van der Waals surface area (Å²) in [5.41, 5.74) is 2.84. The molecule has 0 saturated carbocycles. The Morgan fingerprint density at radius 2 is 1.75 bits per heavy atom. The van der Waals surface area contributed by atoms with Gasteiger partial charge in [-0.2, -0.15) is 5.26 Å². The number of benzene rings is 2. The van der Waals surface area contributed by atoms with Gasteiger partial charge in [0.15, 0.2) is 23.2 Å². The van der Waals surface area contributed by atoms with Crippen LogP contribution in [0, 0.1) is 23.2 Å². The van der Waals surface area contributed by atoms with Gasteiger partial charge in [-0.3, -0.25) is 4.79 Å². The second-order valence-corrected chi connectivity index (χ2v) is 9.56. The molecule has 3 atom stereocenters. The zero-order chi connectivity index (χ0) is 25.7. The molecule has 1 N–H and O–H groups in total. The van der Waals surface area contributed by atoms with Crippen LogP contribution in [0.5, 0.6) is 11.5 Å². The molecule has 0 radical (unpaired) electrons. The number of nitriles is 1. The molecular weight excluding hydrogens is 454 g/mol. The minimum Gasteiger partial charge on any atom is -0.493 e. The molecule has 0 spiro atoms. The van der Waals surface area contributed by atoms with Gasteiger partial charge in [0.05, 0.1) is 31.3 Å². The average molecular weight is 488 g/mol. The molecule has 1 aliphatic heterocycles. The van der Waals surface area contributed by atoms with Crippen LogP contribution in [-0.4, -0.2) is 49.7 Å². The second kappa shape index (κ2) is 11.3. The number of para-hydroxylation sites is 2. The molecule has 188 valence electrons. The smallest absolute Gasteiger partial charge is 0.243 e. The third-order valence-corrected chi connectivity index (χ3v) is 6.57. The van der Waals surface area contributed by atoms with Gasteiger partial charge < -0.3 is 19.7 Å². The van der Waals surface area contributed by atoms with E-state index in [-0.39, 0.29) is 5.91 Å². The summed E-state index contributed by atoms with van der Waals surface area (Å²) in [5, 5.41) is 13.0. The van der Waals surface area contributed by atoms with Gasteiger partial charge in [0, 0.05) is 19.6 Å². The summed E-state index contributed by atoms with van der Waals surface area (Å²) in [6, 6.07) is 15.4. The highest BCUT2D eigenvalue weighted by molar-refractivity contribution is 5.88. The lowest BCUT2D eigenvalue weighted by atomic mass is 9.91. The maximum Gasteiger partial charge on any atom is 0.243 e. The first-order chi connectivity index (χ1) is 17.4. The van der Waals surface area contributed by atoms with Crippen LogP contribution in [0.1, 0.15) is 37.4 Å². The number of fused-ring (bicyclic) bond motifs is 1. The number of anilines is 1. The number of methoxy groups -OCH3 is 2. The molecule has 36 heavy (non-hydrogen) atoms. The van der Waals surface area contributed by atoms with E-state index in [0.717, 1.165) is 30.6 Å². The largest absolute Gasteiger partial charge is 0.493 e. The molecule has 8 nitrogen and oxygen atoms in total. The summed E-state index contributed by atoms with van der Waals surface area (Å²) >= 11 is 0. The fraction of sp³-hybridized carbons (Fsp3) is 0.429. The second-order valence-electron chi connectivity index (χ2n) is 9.56. The minimum absolute atomic E-state index is 0.373. The summed E-state index contributed by atoms with van der Waals surface area (Å²) < 4.78 is 10.6. The number of amides is 1. The monoisotopic (exact) mass is 487 g/mol. The number of rotatable bonds is 8. The zero-order valence-corrected chi connectivity index (χ0v) is 21.3. The molecule has 0 bridgehead atoms. The van der Waals surface area contributed by atoms with Crippen molar-refractivity contribution in [3.63, 3.8) is 0 Å². The third-order valence-electron chi connectivity index (χ3n) is 6.57. The Balaban J connectivity index is 1.56. The Labute approximate surface area is 212 Å². The van der Waals surface area contributed by atoms with Crippen LogP contribution in [0.25, 0.3) is 11.0 Å². The Morgan fingerprint density at radius 1 is 1.08 bits per heavy atom. The van der Waals surface area contributed by atoms with Crippen LogP contribution in [-0.2, 0) is 11.2 Å². The van der Waals surface area contributed by atoms with Crippen LogP contribution >= 0.6 is 0 Å². The lowest BCUT2D eigenvalue weighted by Crippen LogP contribution is -2.40. The maximum atomic E-state index is 13.2. The SMILES string of the molecule is COc1ccc(CCNC(=O)[C@@H](C#N)c2nc3ccccc3nc2N2C[C@H](C)C[C@H](C)C2)cc1OC. The fourth-order valence-electron chi connectivity index (χ4n) is 4.98. The quantitative estimate of drug-likeness (QED) is 0.511. The maximum absolute atomic E-state index is 13.2. The van der Waals surface area contributed by atoms with Crippen molar-refractivity contribution in [1.29, 1.82) is 5.26 Å². The van der Waals surface area contributed by atoms with Crippen LogP contribution < -0.4 is 19.7 Å². The van der Waals surface area contributed by atoms with Gasteiger partial charge in [-0.15, -0.1) is 0 Å². The fourth-order valence-corrected chi connectivity index (χ4v) is 4.98. The van der Waals surface area contributed by atoms with Crippen molar-refractivity contribution in [1.82, 2.24) is 15.3 Å². The van der Waals surface area contributed by atoms with Gasteiger partial charge in [-0.05, 0) is 54.5 Å². The van der Waals surface area contributed by atoms with E-state index in [2.05, 4.69) is 30.1 Å². The predicted molar refractivity (Wildman–Crippen MR) is 139 cm³/mol. The lowest BCUT2D eigenvalue weighted by molar-refractivity contribution is -0.121. The lowest BCUT2D eigenvalue weighted by Gasteiger charge is -2.36. The van der Waals surface area contributed by atoms with E-state index in [1.165, 1.54) is 0 Å². The summed E-state index contributed by atoms with van der Waals surface area (Å²) in [6.45, 7) is 6.46. The van der Waals surface area contributed by atoms with E-state index in [1.807, 2.05) is 42.5 Å². The highest BCUT2D eigenvalue weighted by Gasteiger charge is 2.31. The molecule has 0 aliphatic carbocycles. The van der Waals surface area contributed by atoms with Crippen LogP contribution in [0.2, 0.25) is 0 Å². The molecule has 1 saturated heterocycles. The van der Waals surface area contributed by atoms with Crippen molar-refractivity contribution in [3.8, 4) is 17.6 Å². The minimum atomic E-state index is -1.06. The standard InChI is InChI=1S/C28H33N5O3/c1-18-13-19(2)17-33(16-18)27-26(31-22-7-5-6-8-23(22)32-27)21(15-29)28(34)30-12-11-20-9-10-24(35-3)25(14-20)36-4/h5-10,14,18-19,21H,11-13,16-17H2,1-4H3,(H,30,34)/t18-,19+,21-/m0/s1. The van der Waals surface area contributed by atoms with Crippen LogP contribution in [0.15, 0.2) is 42.5 Å². The Kier molecular flexibility index (Phi) is 7.89. The number of nitrogens with zero attached hydrogens (tertiary/aromatic N) is 4. The highest BCUT2D eigenvalue weighted by Crippen LogP contribution is 2.32. The Hall–Kier alpha value is -3.86. The molecule has 4 rings (SSSR count). The van der Waals surface area contributed by atoms with Gasteiger partial charge in [0.25, 0.3) is 0 Å². The van der Waals surface area contributed by atoms with Gasteiger partial charge in [-0.25, -0.2) is 9.97 Å². The molecule has 2 heterocycles. The number of carbonyl (C=O) groups excluding carboxylic acids is 1. The molecule has 1 aliphatic rings. The molecule has 1 amide bonds. The number of hydrogen-bond acceptors (Lipinski definition) is 7. The summed E-state index contributed by atoms with van der Waals surface area (Å²) in [6.07, 6.45) is 1.73. The van der Waals surface area contributed by atoms with Gasteiger partial charge >= 0.3 is 0 Å². The highest BCUT2D eigenvalue weighted by atomic mass is 16.5. The number of piperidine rings is 1. The zero-order valence-electron chi connectivity index (χ0n) is 21.3. The van der Waals surface area contributed by atoms with Gasteiger partial charge in [0.1, 0.15) is 5.69 Å². The van der Waals surface area contributed by atoms with Crippen molar-refractivity contribution < 1.29 is 14.3 Å². The number of aromatic nitrogens is 2. The van der Waals surface area contributed by atoms with E-state index in [0.29, 0.717) is 53.3 Å². The number of nitrogens with one attached hydrogen (secondary N) is 1. The van der Waals surface area contributed by atoms with Crippen molar-refractivity contribution in [2.24, 2.45) is 11.8 Å². The first-order valence-electron chi connectivity index (χ1n) is 12.3. The Bertz CT molecular complexity index is 1260. The molecule has 8 heteroatoms. The predicted octanol–water partition coefficient (Wildman–Crippen LogP) is 4.10. The number of hydrogen-bond donors (Lipinski definition) is 1.